The molecule has 0 aromatic carbocycles. The molecular weight excluding hydrogens is 546 g/mol. The van der Waals surface area contributed by atoms with Gasteiger partial charge in [0.15, 0.2) is 5.82 Å². The lowest BCUT2D eigenvalue weighted by atomic mass is 10.1. The number of anilines is 2. The summed E-state index contributed by atoms with van der Waals surface area (Å²) in [7, 11) is 0. The molecule has 1 unspecified atom stereocenters. The fourth-order valence-corrected chi connectivity index (χ4v) is 4.94. The van der Waals surface area contributed by atoms with Gasteiger partial charge in [0.2, 0.25) is 5.91 Å². The molecule has 4 heterocycles. The number of carbonyl (C=O) groups excluding carboxylic acids is 2. The predicted octanol–water partition coefficient (Wildman–Crippen LogP) is 3.39. The van der Waals surface area contributed by atoms with Crippen LogP contribution in [0, 0.1) is 0 Å². The van der Waals surface area contributed by atoms with Crippen molar-refractivity contribution < 1.29 is 14.3 Å². The van der Waals surface area contributed by atoms with Crippen LogP contribution in [-0.2, 0) is 27.2 Å². The summed E-state index contributed by atoms with van der Waals surface area (Å²) in [6.45, 7) is 10.8. The van der Waals surface area contributed by atoms with Gasteiger partial charge in [0, 0.05) is 57.3 Å². The first-order chi connectivity index (χ1) is 20.7. The number of esters is 1. The summed E-state index contributed by atoms with van der Waals surface area (Å²) in [4.78, 5) is 40.5. The standard InChI is InChI=1S/C31H45N9O3/c1-23(41)32-16-20-39(17-6-5-10-25-12-11-24-9-7-14-33-29(24)37-25)19-13-26(30(42)43-31(2,3)4)38-27-21-28(35-22-34-27)40-18-8-15-36-40/h8,11-12,15,18,21-22,26H,5-7,9-10,13-14,16-17,19-20H2,1-4H3,(H,32,41)(H,33,37)(H,34,35,38). The quantitative estimate of drug-likeness (QED) is 0.178. The summed E-state index contributed by atoms with van der Waals surface area (Å²) in [5.41, 5.74) is 1.77. The van der Waals surface area contributed by atoms with Crippen molar-refractivity contribution in [2.45, 2.75) is 77.9 Å². The summed E-state index contributed by atoms with van der Waals surface area (Å²) in [6.07, 6.45) is 10.5. The number of hydrogen-bond acceptors (Lipinski definition) is 10. The fraction of sp³-hybridized carbons (Fsp3) is 0.548. The average molecular weight is 592 g/mol. The van der Waals surface area contributed by atoms with Crippen LogP contribution in [0.2, 0.25) is 0 Å². The third-order valence-electron chi connectivity index (χ3n) is 7.05. The molecule has 1 amide bonds. The van der Waals surface area contributed by atoms with Gasteiger partial charge in [0.1, 0.15) is 29.6 Å². The van der Waals surface area contributed by atoms with Crippen molar-refractivity contribution in [3.8, 4) is 5.82 Å². The molecule has 3 aromatic rings. The Bertz CT molecular complexity index is 1320. The van der Waals surface area contributed by atoms with Crippen molar-refractivity contribution in [3.05, 3.63) is 54.2 Å². The Labute approximate surface area is 254 Å². The van der Waals surface area contributed by atoms with E-state index in [0.29, 0.717) is 37.7 Å². The van der Waals surface area contributed by atoms with Gasteiger partial charge in [0.05, 0.1) is 0 Å². The van der Waals surface area contributed by atoms with E-state index in [4.69, 9.17) is 9.72 Å². The van der Waals surface area contributed by atoms with Crippen LogP contribution in [0.3, 0.4) is 0 Å². The highest BCUT2D eigenvalue weighted by molar-refractivity contribution is 5.79. The van der Waals surface area contributed by atoms with Crippen LogP contribution < -0.4 is 16.0 Å². The van der Waals surface area contributed by atoms with Crippen LogP contribution in [0.25, 0.3) is 5.82 Å². The molecule has 232 valence electrons. The number of pyridine rings is 1. The highest BCUT2D eigenvalue weighted by Crippen LogP contribution is 2.20. The zero-order valence-corrected chi connectivity index (χ0v) is 25.8. The molecule has 0 bridgehead atoms. The van der Waals surface area contributed by atoms with Crippen molar-refractivity contribution >= 4 is 23.5 Å². The van der Waals surface area contributed by atoms with Gasteiger partial charge in [-0.2, -0.15) is 5.10 Å². The molecule has 3 aromatic heterocycles. The second kappa shape index (κ2) is 15.4. The SMILES string of the molecule is CC(=O)NCCN(CCCCc1ccc2c(n1)NCCC2)CCC(Nc1cc(-n2cccn2)ncn1)C(=O)OC(C)(C)C. The second-order valence-electron chi connectivity index (χ2n) is 11.9. The van der Waals surface area contributed by atoms with Crippen molar-refractivity contribution in [2.24, 2.45) is 0 Å². The molecule has 1 aliphatic rings. The number of hydrogen-bond donors (Lipinski definition) is 3. The Morgan fingerprint density at radius 1 is 1.16 bits per heavy atom. The summed E-state index contributed by atoms with van der Waals surface area (Å²) >= 11 is 0. The predicted molar refractivity (Wildman–Crippen MR) is 166 cm³/mol. The lowest BCUT2D eigenvalue weighted by Crippen LogP contribution is -2.41. The Morgan fingerprint density at radius 3 is 2.79 bits per heavy atom. The first-order valence-electron chi connectivity index (χ1n) is 15.2. The van der Waals surface area contributed by atoms with Gasteiger partial charge < -0.3 is 25.6 Å². The van der Waals surface area contributed by atoms with E-state index in [-0.39, 0.29) is 11.9 Å². The molecule has 1 atom stereocenters. The van der Waals surface area contributed by atoms with Crippen LogP contribution in [0.15, 0.2) is 43.0 Å². The number of aryl methyl sites for hydroxylation is 2. The highest BCUT2D eigenvalue weighted by atomic mass is 16.6. The Balaban J connectivity index is 1.37. The number of carbonyl (C=O) groups is 2. The van der Waals surface area contributed by atoms with Crippen molar-refractivity contribution in [1.82, 2.24) is 34.9 Å². The molecule has 0 saturated carbocycles. The average Bonchev–Trinajstić information content (AvgIpc) is 3.51. The molecular formula is C31H45N9O3. The van der Waals surface area contributed by atoms with Gasteiger partial charge in [-0.15, -0.1) is 0 Å². The second-order valence-corrected chi connectivity index (χ2v) is 11.9. The van der Waals surface area contributed by atoms with Crippen LogP contribution in [0.1, 0.15) is 64.6 Å². The van der Waals surface area contributed by atoms with Crippen LogP contribution in [-0.4, -0.2) is 85.9 Å². The van der Waals surface area contributed by atoms with E-state index >= 15 is 0 Å². The molecule has 0 spiro atoms. The molecule has 0 radical (unpaired) electrons. The van der Waals surface area contributed by atoms with Gasteiger partial charge >= 0.3 is 5.97 Å². The van der Waals surface area contributed by atoms with E-state index in [1.54, 1.807) is 23.1 Å². The first-order valence-corrected chi connectivity index (χ1v) is 15.2. The molecule has 4 rings (SSSR count). The minimum Gasteiger partial charge on any atom is -0.458 e. The maximum absolute atomic E-state index is 13.3. The van der Waals surface area contributed by atoms with E-state index in [9.17, 15) is 9.59 Å². The summed E-state index contributed by atoms with van der Waals surface area (Å²) in [6, 6.07) is 7.28. The van der Waals surface area contributed by atoms with Crippen LogP contribution in [0.4, 0.5) is 11.6 Å². The third kappa shape index (κ3) is 10.6. The Morgan fingerprint density at radius 2 is 2.02 bits per heavy atom. The monoisotopic (exact) mass is 591 g/mol. The highest BCUT2D eigenvalue weighted by Gasteiger charge is 2.26. The van der Waals surface area contributed by atoms with E-state index < -0.39 is 11.6 Å². The summed E-state index contributed by atoms with van der Waals surface area (Å²) in [5.74, 6) is 1.72. The maximum Gasteiger partial charge on any atom is 0.329 e. The molecule has 12 heteroatoms. The largest absolute Gasteiger partial charge is 0.458 e. The minimum atomic E-state index is -0.631. The normalized spacial score (nSPS) is 13.6. The number of nitrogens with zero attached hydrogens (tertiary/aromatic N) is 6. The number of rotatable bonds is 15. The Kier molecular flexibility index (Phi) is 11.4. The van der Waals surface area contributed by atoms with Crippen LogP contribution >= 0.6 is 0 Å². The summed E-state index contributed by atoms with van der Waals surface area (Å²) in [5, 5.41) is 13.8. The zero-order valence-electron chi connectivity index (χ0n) is 25.8. The Hall–Kier alpha value is -4.06. The van der Waals surface area contributed by atoms with Gasteiger partial charge in [-0.3, -0.25) is 4.79 Å². The zero-order chi connectivity index (χ0) is 30.7. The molecule has 0 fully saturated rings. The number of fused-ring (bicyclic) bond motifs is 1. The van der Waals surface area contributed by atoms with Gasteiger partial charge in [-0.1, -0.05) is 6.07 Å². The molecule has 3 N–H and O–H groups in total. The molecule has 1 aliphatic heterocycles. The molecule has 0 aliphatic carbocycles. The minimum absolute atomic E-state index is 0.0583. The van der Waals surface area contributed by atoms with Gasteiger partial charge in [-0.25, -0.2) is 24.4 Å². The van der Waals surface area contributed by atoms with E-state index in [1.165, 1.54) is 18.8 Å². The third-order valence-corrected chi connectivity index (χ3v) is 7.05. The number of ether oxygens (including phenoxy) is 1. The maximum atomic E-state index is 13.3. The van der Waals surface area contributed by atoms with Gasteiger partial charge in [0.25, 0.3) is 0 Å². The lowest BCUT2D eigenvalue weighted by molar-refractivity contribution is -0.156. The van der Waals surface area contributed by atoms with E-state index in [2.05, 4.69) is 48.0 Å². The first kappa shape index (κ1) is 31.9. The number of amides is 1. The van der Waals surface area contributed by atoms with Crippen molar-refractivity contribution in [1.29, 1.82) is 0 Å². The van der Waals surface area contributed by atoms with Crippen molar-refractivity contribution in [2.75, 3.05) is 43.4 Å². The van der Waals surface area contributed by atoms with E-state index in [1.807, 2.05) is 26.8 Å². The summed E-state index contributed by atoms with van der Waals surface area (Å²) < 4.78 is 7.39. The number of nitrogens with one attached hydrogen (secondary N) is 3. The van der Waals surface area contributed by atoms with Gasteiger partial charge in [-0.05, 0) is 83.5 Å². The topological polar surface area (TPSA) is 139 Å². The number of aromatic nitrogens is 5. The lowest BCUT2D eigenvalue weighted by Gasteiger charge is -2.28. The fourth-order valence-electron chi connectivity index (χ4n) is 4.94. The smallest absolute Gasteiger partial charge is 0.329 e. The van der Waals surface area contributed by atoms with Crippen LogP contribution in [0.5, 0.6) is 0 Å². The molecule has 43 heavy (non-hydrogen) atoms. The van der Waals surface area contributed by atoms with Crippen molar-refractivity contribution in [3.63, 3.8) is 0 Å². The molecule has 12 nitrogen and oxygen atoms in total. The number of unbranched alkanes of at least 4 members (excludes halogenated alkanes) is 1. The molecule has 0 saturated heterocycles. The van der Waals surface area contributed by atoms with E-state index in [0.717, 1.165) is 56.7 Å².